The summed E-state index contributed by atoms with van der Waals surface area (Å²) < 4.78 is 0. The highest BCUT2D eigenvalue weighted by Crippen LogP contribution is 2.19. The fourth-order valence-electron chi connectivity index (χ4n) is 0.965. The lowest BCUT2D eigenvalue weighted by Crippen LogP contribution is -2.35. The van der Waals surface area contributed by atoms with Gasteiger partial charge in [0.05, 0.1) is 6.07 Å². The molecule has 2 nitrogen and oxygen atoms in total. The van der Waals surface area contributed by atoms with Crippen LogP contribution in [-0.4, -0.2) is 23.1 Å². The molecule has 0 aliphatic carbocycles. The number of rotatable bonds is 6. The number of nitrogens with one attached hydrogen (secondary N) is 1. The molecule has 0 aromatic carbocycles. The van der Waals surface area contributed by atoms with Crippen LogP contribution in [0, 0.1) is 17.2 Å². The van der Waals surface area contributed by atoms with Gasteiger partial charge in [-0.05, 0) is 19.8 Å². The van der Waals surface area contributed by atoms with Gasteiger partial charge in [-0.2, -0.15) is 17.0 Å². The zero-order valence-electron chi connectivity index (χ0n) is 9.87. The van der Waals surface area contributed by atoms with Crippen LogP contribution >= 0.6 is 11.8 Å². The van der Waals surface area contributed by atoms with Crippen LogP contribution in [-0.2, 0) is 0 Å². The van der Waals surface area contributed by atoms with Gasteiger partial charge in [0, 0.05) is 17.0 Å². The van der Waals surface area contributed by atoms with Crippen molar-refractivity contribution in [1.82, 2.24) is 5.32 Å². The highest BCUT2D eigenvalue weighted by Gasteiger charge is 2.13. The minimum atomic E-state index is -0.0128. The number of nitriles is 1. The van der Waals surface area contributed by atoms with Crippen LogP contribution in [0.1, 0.15) is 34.6 Å². The van der Waals surface area contributed by atoms with Crippen molar-refractivity contribution >= 4 is 11.8 Å². The Morgan fingerprint density at radius 1 is 1.21 bits per heavy atom. The van der Waals surface area contributed by atoms with Crippen LogP contribution in [0.3, 0.4) is 0 Å². The highest BCUT2D eigenvalue weighted by molar-refractivity contribution is 7.99. The SMILES string of the molecule is CC(C)NC(C#N)CSC(C)C(C)C. The first-order valence-corrected chi connectivity index (χ1v) is 6.29. The third-order valence-corrected chi connectivity index (χ3v) is 3.75. The summed E-state index contributed by atoms with van der Waals surface area (Å²) in [6, 6.07) is 2.67. The second kappa shape index (κ2) is 7.14. The summed E-state index contributed by atoms with van der Waals surface area (Å²) in [4.78, 5) is 0. The molecule has 0 aromatic heterocycles. The van der Waals surface area contributed by atoms with Crippen molar-refractivity contribution in [3.63, 3.8) is 0 Å². The predicted molar refractivity (Wildman–Crippen MR) is 64.4 cm³/mol. The van der Waals surface area contributed by atoms with E-state index in [-0.39, 0.29) is 6.04 Å². The van der Waals surface area contributed by atoms with Crippen LogP contribution in [0.15, 0.2) is 0 Å². The van der Waals surface area contributed by atoms with Crippen molar-refractivity contribution in [3.05, 3.63) is 0 Å². The minimum Gasteiger partial charge on any atom is -0.299 e. The summed E-state index contributed by atoms with van der Waals surface area (Å²) in [7, 11) is 0. The van der Waals surface area contributed by atoms with Crippen LogP contribution < -0.4 is 5.32 Å². The Morgan fingerprint density at radius 2 is 1.79 bits per heavy atom. The molecule has 82 valence electrons. The predicted octanol–water partition coefficient (Wildman–Crippen LogP) is 2.65. The van der Waals surface area contributed by atoms with Gasteiger partial charge in [-0.15, -0.1) is 0 Å². The molecule has 0 saturated heterocycles. The van der Waals surface area contributed by atoms with E-state index in [9.17, 15) is 0 Å². The van der Waals surface area contributed by atoms with Gasteiger partial charge in [-0.25, -0.2) is 0 Å². The van der Waals surface area contributed by atoms with Crippen LogP contribution in [0.5, 0.6) is 0 Å². The third-order valence-electron chi connectivity index (χ3n) is 2.15. The molecule has 1 N–H and O–H groups in total. The van der Waals surface area contributed by atoms with E-state index in [4.69, 9.17) is 5.26 Å². The van der Waals surface area contributed by atoms with Crippen molar-refractivity contribution in [3.8, 4) is 6.07 Å². The minimum absolute atomic E-state index is 0.0128. The molecule has 0 saturated carbocycles. The highest BCUT2D eigenvalue weighted by atomic mass is 32.2. The summed E-state index contributed by atoms with van der Waals surface area (Å²) in [6.45, 7) is 10.8. The van der Waals surface area contributed by atoms with Crippen molar-refractivity contribution in [1.29, 1.82) is 5.26 Å². The Morgan fingerprint density at radius 3 is 2.14 bits per heavy atom. The molecule has 0 spiro atoms. The normalized spacial score (nSPS) is 15.6. The van der Waals surface area contributed by atoms with Gasteiger partial charge in [0.15, 0.2) is 0 Å². The molecule has 0 bridgehead atoms. The van der Waals surface area contributed by atoms with E-state index in [2.05, 4.69) is 46.0 Å². The molecule has 0 aliphatic rings. The first kappa shape index (κ1) is 13.8. The maximum Gasteiger partial charge on any atom is 0.105 e. The summed E-state index contributed by atoms with van der Waals surface area (Å²) in [6.07, 6.45) is 0. The zero-order valence-corrected chi connectivity index (χ0v) is 10.7. The Hall–Kier alpha value is -0.200. The fourth-order valence-corrected chi connectivity index (χ4v) is 2.02. The summed E-state index contributed by atoms with van der Waals surface area (Å²) in [5.41, 5.74) is 0. The molecule has 0 heterocycles. The Bertz CT molecular complexity index is 184. The van der Waals surface area contributed by atoms with Gasteiger partial charge in [0.2, 0.25) is 0 Å². The fraction of sp³-hybridized carbons (Fsp3) is 0.909. The number of nitrogens with zero attached hydrogens (tertiary/aromatic N) is 1. The average molecular weight is 214 g/mol. The molecular formula is C11H22N2S. The molecular weight excluding hydrogens is 192 g/mol. The quantitative estimate of drug-likeness (QED) is 0.738. The number of thioether (sulfide) groups is 1. The Kier molecular flexibility index (Phi) is 7.04. The standard InChI is InChI=1S/C11H22N2S/c1-8(2)10(5)14-7-11(6-12)13-9(3)4/h8-11,13H,7H2,1-5H3. The van der Waals surface area contributed by atoms with Crippen LogP contribution in [0.2, 0.25) is 0 Å². The summed E-state index contributed by atoms with van der Waals surface area (Å²) >= 11 is 1.87. The topological polar surface area (TPSA) is 35.8 Å². The lowest BCUT2D eigenvalue weighted by molar-refractivity contribution is 0.558. The molecule has 0 fully saturated rings. The number of hydrogen-bond donors (Lipinski definition) is 1. The molecule has 3 heteroatoms. The molecule has 14 heavy (non-hydrogen) atoms. The average Bonchev–Trinajstić information content (AvgIpc) is 2.10. The summed E-state index contributed by atoms with van der Waals surface area (Å²) in [5, 5.41) is 12.8. The third kappa shape index (κ3) is 6.28. The van der Waals surface area contributed by atoms with Crippen LogP contribution in [0.25, 0.3) is 0 Å². The Balaban J connectivity index is 3.79. The first-order valence-electron chi connectivity index (χ1n) is 5.24. The maximum atomic E-state index is 8.90. The first-order chi connectivity index (χ1) is 6.47. The van der Waals surface area contributed by atoms with Gasteiger partial charge < -0.3 is 0 Å². The van der Waals surface area contributed by atoms with Crippen molar-refractivity contribution < 1.29 is 0 Å². The monoisotopic (exact) mass is 214 g/mol. The van der Waals surface area contributed by atoms with E-state index >= 15 is 0 Å². The van der Waals surface area contributed by atoms with E-state index in [0.717, 1.165) is 5.75 Å². The van der Waals surface area contributed by atoms with Gasteiger partial charge in [0.1, 0.15) is 6.04 Å². The van der Waals surface area contributed by atoms with Gasteiger partial charge >= 0.3 is 0 Å². The van der Waals surface area contributed by atoms with E-state index in [1.165, 1.54) is 0 Å². The molecule has 2 atom stereocenters. The smallest absolute Gasteiger partial charge is 0.105 e. The maximum absolute atomic E-state index is 8.90. The van der Waals surface area contributed by atoms with Gasteiger partial charge in [-0.3, -0.25) is 5.32 Å². The van der Waals surface area contributed by atoms with Crippen molar-refractivity contribution in [2.75, 3.05) is 5.75 Å². The van der Waals surface area contributed by atoms with Crippen molar-refractivity contribution in [2.24, 2.45) is 5.92 Å². The van der Waals surface area contributed by atoms with Gasteiger partial charge in [0.25, 0.3) is 0 Å². The molecule has 0 aromatic rings. The second-order valence-corrected chi connectivity index (χ2v) is 5.70. The molecule has 2 unspecified atom stereocenters. The summed E-state index contributed by atoms with van der Waals surface area (Å²) in [5.74, 6) is 1.56. The van der Waals surface area contributed by atoms with Gasteiger partial charge in [-0.1, -0.05) is 20.8 Å². The zero-order chi connectivity index (χ0) is 11.1. The second-order valence-electron chi connectivity index (χ2n) is 4.29. The molecule has 0 rings (SSSR count). The molecule has 0 radical (unpaired) electrons. The van der Waals surface area contributed by atoms with E-state index < -0.39 is 0 Å². The molecule has 0 aliphatic heterocycles. The van der Waals surface area contributed by atoms with Crippen LogP contribution in [0.4, 0.5) is 0 Å². The van der Waals surface area contributed by atoms with E-state index in [1.54, 1.807) is 0 Å². The number of hydrogen-bond acceptors (Lipinski definition) is 3. The molecule has 0 amide bonds. The van der Waals surface area contributed by atoms with E-state index in [0.29, 0.717) is 17.2 Å². The lowest BCUT2D eigenvalue weighted by Gasteiger charge is -2.19. The van der Waals surface area contributed by atoms with Crippen molar-refractivity contribution in [2.45, 2.75) is 52.0 Å². The van der Waals surface area contributed by atoms with E-state index in [1.807, 2.05) is 11.8 Å². The lowest BCUT2D eigenvalue weighted by atomic mass is 10.2. The largest absolute Gasteiger partial charge is 0.299 e. The Labute approximate surface area is 92.5 Å².